The first-order valence-electron chi connectivity index (χ1n) is 6.94. The van der Waals surface area contributed by atoms with E-state index in [-0.39, 0.29) is 17.7 Å². The minimum atomic E-state index is -0.301. The monoisotopic (exact) mass is 284 g/mol. The molecule has 0 bridgehead atoms. The lowest BCUT2D eigenvalue weighted by Gasteiger charge is -2.15. The van der Waals surface area contributed by atoms with Crippen molar-refractivity contribution in [2.45, 2.75) is 26.7 Å². The van der Waals surface area contributed by atoms with Gasteiger partial charge in [-0.05, 0) is 48.2 Å². The second-order valence-corrected chi connectivity index (χ2v) is 5.33. The molecule has 2 amide bonds. The third kappa shape index (κ3) is 3.75. The highest BCUT2D eigenvalue weighted by Crippen LogP contribution is 2.31. The molecule has 4 heteroatoms. The van der Waals surface area contributed by atoms with Gasteiger partial charge in [0.1, 0.15) is 5.75 Å². The fourth-order valence-corrected chi connectivity index (χ4v) is 2.11. The van der Waals surface area contributed by atoms with Crippen LogP contribution in [0.3, 0.4) is 0 Å². The number of hydrogen-bond acceptors (Lipinski definition) is 2. The van der Waals surface area contributed by atoms with Crippen LogP contribution in [0.5, 0.6) is 5.75 Å². The maximum atomic E-state index is 12.0. The molecule has 0 spiro atoms. The molecule has 0 heterocycles. The first-order valence-corrected chi connectivity index (χ1v) is 6.94. The van der Waals surface area contributed by atoms with Gasteiger partial charge in [-0.2, -0.15) is 0 Å². The number of hydrogen-bond donors (Lipinski definition) is 3. The summed E-state index contributed by atoms with van der Waals surface area (Å²) in [6.07, 6.45) is 0. The molecule has 0 atom stereocenters. The first-order chi connectivity index (χ1) is 9.97. The number of rotatable bonds is 3. The number of urea groups is 1. The number of phenols is 1. The van der Waals surface area contributed by atoms with Gasteiger partial charge in [0, 0.05) is 11.4 Å². The largest absolute Gasteiger partial charge is 0.508 e. The summed E-state index contributed by atoms with van der Waals surface area (Å²) in [7, 11) is 0. The molecule has 2 aromatic rings. The van der Waals surface area contributed by atoms with Crippen LogP contribution in [0, 0.1) is 6.92 Å². The quantitative estimate of drug-likeness (QED) is 0.728. The lowest BCUT2D eigenvalue weighted by atomic mass is 9.99. The van der Waals surface area contributed by atoms with Crippen molar-refractivity contribution in [3.63, 3.8) is 0 Å². The molecule has 0 saturated heterocycles. The summed E-state index contributed by atoms with van der Waals surface area (Å²) in [6, 6.07) is 12.4. The molecular weight excluding hydrogens is 264 g/mol. The second kappa shape index (κ2) is 6.31. The number of aromatic hydroxyl groups is 1. The van der Waals surface area contributed by atoms with Gasteiger partial charge >= 0.3 is 6.03 Å². The van der Waals surface area contributed by atoms with Crippen molar-refractivity contribution in [1.29, 1.82) is 0 Å². The lowest BCUT2D eigenvalue weighted by Crippen LogP contribution is -2.20. The minimum absolute atomic E-state index is 0.184. The Labute approximate surface area is 124 Å². The highest BCUT2D eigenvalue weighted by Gasteiger charge is 2.11. The number of carbonyl (C=O) groups is 1. The maximum absolute atomic E-state index is 12.0. The zero-order valence-corrected chi connectivity index (χ0v) is 12.5. The minimum Gasteiger partial charge on any atom is -0.508 e. The van der Waals surface area contributed by atoms with E-state index in [1.54, 1.807) is 6.07 Å². The van der Waals surface area contributed by atoms with E-state index in [9.17, 15) is 9.90 Å². The van der Waals surface area contributed by atoms with E-state index in [1.165, 1.54) is 0 Å². The Morgan fingerprint density at radius 1 is 1.10 bits per heavy atom. The molecule has 2 aromatic carbocycles. The SMILES string of the molecule is Cc1cc(O)c(C(C)C)cc1NC(=O)Nc1ccccc1. The van der Waals surface area contributed by atoms with Crippen LogP contribution in [-0.2, 0) is 0 Å². The standard InChI is InChI=1S/C17H20N2O2/c1-11(2)14-10-15(12(3)9-16(14)20)19-17(21)18-13-7-5-4-6-8-13/h4-11,20H,1-3H3,(H2,18,19,21). The first kappa shape index (κ1) is 14.9. The molecule has 3 N–H and O–H groups in total. The molecule has 21 heavy (non-hydrogen) atoms. The van der Waals surface area contributed by atoms with E-state index < -0.39 is 0 Å². The number of phenolic OH excluding ortho intramolecular Hbond substituents is 1. The molecule has 0 aromatic heterocycles. The molecule has 110 valence electrons. The van der Waals surface area contributed by atoms with E-state index in [4.69, 9.17) is 0 Å². The molecular formula is C17H20N2O2. The molecule has 0 radical (unpaired) electrons. The van der Waals surface area contributed by atoms with Crippen LogP contribution in [-0.4, -0.2) is 11.1 Å². The number of para-hydroxylation sites is 1. The Balaban J connectivity index is 2.15. The Bertz CT molecular complexity index is 637. The fourth-order valence-electron chi connectivity index (χ4n) is 2.11. The molecule has 0 fully saturated rings. The van der Waals surface area contributed by atoms with Crippen LogP contribution < -0.4 is 10.6 Å². The molecule has 0 saturated carbocycles. The van der Waals surface area contributed by atoms with Gasteiger partial charge in [0.05, 0.1) is 0 Å². The van der Waals surface area contributed by atoms with Gasteiger partial charge in [0.2, 0.25) is 0 Å². The van der Waals surface area contributed by atoms with E-state index in [1.807, 2.05) is 57.2 Å². The second-order valence-electron chi connectivity index (χ2n) is 5.33. The van der Waals surface area contributed by atoms with Gasteiger partial charge in [-0.3, -0.25) is 0 Å². The summed E-state index contributed by atoms with van der Waals surface area (Å²) in [5.41, 5.74) is 3.07. The number of amides is 2. The summed E-state index contributed by atoms with van der Waals surface area (Å²) in [5.74, 6) is 0.444. The molecule has 4 nitrogen and oxygen atoms in total. The summed E-state index contributed by atoms with van der Waals surface area (Å²) < 4.78 is 0. The number of nitrogens with one attached hydrogen (secondary N) is 2. The number of anilines is 2. The van der Waals surface area contributed by atoms with Crippen LogP contribution in [0.15, 0.2) is 42.5 Å². The number of aryl methyl sites for hydroxylation is 1. The molecule has 0 aliphatic heterocycles. The average molecular weight is 284 g/mol. The summed E-state index contributed by atoms with van der Waals surface area (Å²) in [6.45, 7) is 5.85. The Hall–Kier alpha value is -2.49. The summed E-state index contributed by atoms with van der Waals surface area (Å²) in [5, 5.41) is 15.5. The van der Waals surface area contributed by atoms with Gasteiger partial charge in [0.15, 0.2) is 0 Å². The van der Waals surface area contributed by atoms with Crippen molar-refractivity contribution in [3.05, 3.63) is 53.6 Å². The van der Waals surface area contributed by atoms with E-state index in [0.717, 1.165) is 16.8 Å². The van der Waals surface area contributed by atoms with Gasteiger partial charge < -0.3 is 15.7 Å². The zero-order valence-electron chi connectivity index (χ0n) is 12.5. The smallest absolute Gasteiger partial charge is 0.323 e. The number of benzene rings is 2. The van der Waals surface area contributed by atoms with Crippen molar-refractivity contribution >= 4 is 17.4 Å². The Morgan fingerprint density at radius 2 is 1.76 bits per heavy atom. The van der Waals surface area contributed by atoms with Crippen molar-refractivity contribution in [1.82, 2.24) is 0 Å². The lowest BCUT2D eigenvalue weighted by molar-refractivity contribution is 0.262. The average Bonchev–Trinajstić information content (AvgIpc) is 2.42. The summed E-state index contributed by atoms with van der Waals surface area (Å²) in [4.78, 5) is 12.0. The van der Waals surface area contributed by atoms with Gasteiger partial charge in [-0.1, -0.05) is 32.0 Å². The van der Waals surface area contributed by atoms with Gasteiger partial charge in [-0.15, -0.1) is 0 Å². The third-order valence-corrected chi connectivity index (χ3v) is 3.28. The van der Waals surface area contributed by atoms with Crippen LogP contribution in [0.25, 0.3) is 0 Å². The Kier molecular flexibility index (Phi) is 4.48. The van der Waals surface area contributed by atoms with E-state index in [2.05, 4.69) is 10.6 Å². The van der Waals surface area contributed by atoms with Gasteiger partial charge in [0.25, 0.3) is 0 Å². The highest BCUT2D eigenvalue weighted by atomic mass is 16.3. The zero-order chi connectivity index (χ0) is 15.4. The topological polar surface area (TPSA) is 61.4 Å². The normalized spacial score (nSPS) is 10.5. The Morgan fingerprint density at radius 3 is 2.38 bits per heavy atom. The predicted molar refractivity (Wildman–Crippen MR) is 86.0 cm³/mol. The number of carbonyl (C=O) groups excluding carboxylic acids is 1. The fraction of sp³-hybridized carbons (Fsp3) is 0.235. The van der Waals surface area contributed by atoms with Crippen LogP contribution in [0.4, 0.5) is 16.2 Å². The van der Waals surface area contributed by atoms with Crippen LogP contribution in [0.1, 0.15) is 30.9 Å². The van der Waals surface area contributed by atoms with Gasteiger partial charge in [-0.25, -0.2) is 4.79 Å². The van der Waals surface area contributed by atoms with Crippen LogP contribution >= 0.6 is 0 Å². The third-order valence-electron chi connectivity index (χ3n) is 3.28. The van der Waals surface area contributed by atoms with Crippen molar-refractivity contribution in [2.24, 2.45) is 0 Å². The molecule has 0 unspecified atom stereocenters. The maximum Gasteiger partial charge on any atom is 0.323 e. The predicted octanol–water partition coefficient (Wildman–Crippen LogP) is 4.47. The molecule has 2 rings (SSSR count). The van der Waals surface area contributed by atoms with Crippen molar-refractivity contribution in [2.75, 3.05) is 10.6 Å². The van der Waals surface area contributed by atoms with Crippen molar-refractivity contribution in [3.8, 4) is 5.75 Å². The molecule has 0 aliphatic carbocycles. The van der Waals surface area contributed by atoms with Crippen LogP contribution in [0.2, 0.25) is 0 Å². The van der Waals surface area contributed by atoms with Crippen molar-refractivity contribution < 1.29 is 9.90 Å². The van der Waals surface area contributed by atoms with E-state index >= 15 is 0 Å². The summed E-state index contributed by atoms with van der Waals surface area (Å²) >= 11 is 0. The molecule has 0 aliphatic rings. The van der Waals surface area contributed by atoms with E-state index in [0.29, 0.717) is 5.69 Å². The highest BCUT2D eigenvalue weighted by molar-refractivity contribution is 6.00.